The average Bonchev–Trinajstić information content (AvgIpc) is 3.44. The molecule has 142 valence electrons. The van der Waals surface area contributed by atoms with Gasteiger partial charge in [0.2, 0.25) is 10.0 Å². The Bertz CT molecular complexity index is 780. The SMILES string of the molecule is O=C(NC[C@H]1OCCCN1S(=O)(=O)c1ccc(F)cc1)C(=O)NC1CC1. The molecule has 3 rings (SSSR count). The second kappa shape index (κ2) is 7.68. The van der Waals surface area contributed by atoms with E-state index in [1.165, 1.54) is 12.1 Å². The molecular formula is C16H20FN3O5S. The fourth-order valence-electron chi connectivity index (χ4n) is 2.58. The van der Waals surface area contributed by atoms with Crippen molar-refractivity contribution in [3.63, 3.8) is 0 Å². The summed E-state index contributed by atoms with van der Waals surface area (Å²) in [6.07, 6.45) is 1.27. The summed E-state index contributed by atoms with van der Waals surface area (Å²) in [7, 11) is -3.92. The summed E-state index contributed by atoms with van der Waals surface area (Å²) in [6.45, 7) is 0.385. The smallest absolute Gasteiger partial charge is 0.309 e. The Morgan fingerprint density at radius 1 is 1.19 bits per heavy atom. The third-order valence-corrected chi connectivity index (χ3v) is 6.03. The average molecular weight is 385 g/mol. The molecule has 1 heterocycles. The quantitative estimate of drug-likeness (QED) is 0.692. The van der Waals surface area contributed by atoms with Gasteiger partial charge >= 0.3 is 11.8 Å². The number of nitrogens with zero attached hydrogens (tertiary/aromatic N) is 1. The van der Waals surface area contributed by atoms with Crippen molar-refractivity contribution in [3.8, 4) is 0 Å². The molecule has 1 aliphatic carbocycles. The number of ether oxygens (including phenoxy) is 1. The van der Waals surface area contributed by atoms with E-state index in [4.69, 9.17) is 4.74 Å². The largest absolute Gasteiger partial charge is 0.360 e. The third kappa shape index (κ3) is 4.37. The van der Waals surface area contributed by atoms with Crippen molar-refractivity contribution in [3.05, 3.63) is 30.1 Å². The molecule has 1 saturated heterocycles. The number of halogens is 1. The number of hydrogen-bond donors (Lipinski definition) is 2. The van der Waals surface area contributed by atoms with Gasteiger partial charge in [-0.05, 0) is 43.5 Å². The van der Waals surface area contributed by atoms with Gasteiger partial charge in [-0.3, -0.25) is 9.59 Å². The lowest BCUT2D eigenvalue weighted by atomic mass is 10.3. The van der Waals surface area contributed by atoms with Crippen LogP contribution in [0.4, 0.5) is 4.39 Å². The van der Waals surface area contributed by atoms with Crippen LogP contribution in [-0.4, -0.2) is 56.5 Å². The zero-order chi connectivity index (χ0) is 18.7. The summed E-state index contributed by atoms with van der Waals surface area (Å²) < 4.78 is 45.2. The Hall–Kier alpha value is -2.04. The molecule has 2 aliphatic rings. The van der Waals surface area contributed by atoms with E-state index in [1.807, 2.05) is 0 Å². The Labute approximate surface area is 150 Å². The van der Waals surface area contributed by atoms with Gasteiger partial charge in [-0.25, -0.2) is 12.8 Å². The molecule has 10 heteroatoms. The minimum absolute atomic E-state index is 0.0505. The van der Waals surface area contributed by atoms with Gasteiger partial charge in [0.25, 0.3) is 0 Å². The van der Waals surface area contributed by atoms with Crippen LogP contribution in [-0.2, 0) is 24.3 Å². The zero-order valence-corrected chi connectivity index (χ0v) is 14.8. The zero-order valence-electron chi connectivity index (χ0n) is 14.0. The standard InChI is InChI=1S/C16H20FN3O5S/c17-11-2-6-13(7-3-11)26(23,24)20-8-1-9-25-14(20)10-18-15(21)16(22)19-12-4-5-12/h2-3,6-7,12,14H,1,4-5,8-10H2,(H,18,21)(H,19,22)/t14-/m1/s1. The van der Waals surface area contributed by atoms with E-state index in [-0.39, 0.29) is 24.0 Å². The normalized spacial score (nSPS) is 21.2. The van der Waals surface area contributed by atoms with Crippen molar-refractivity contribution in [2.75, 3.05) is 19.7 Å². The Kier molecular flexibility index (Phi) is 5.54. The van der Waals surface area contributed by atoms with Crippen LogP contribution in [0.25, 0.3) is 0 Å². The molecule has 26 heavy (non-hydrogen) atoms. The van der Waals surface area contributed by atoms with E-state index in [9.17, 15) is 22.4 Å². The first kappa shape index (κ1) is 18.7. The van der Waals surface area contributed by atoms with Crippen LogP contribution in [0, 0.1) is 5.82 Å². The lowest BCUT2D eigenvalue weighted by Gasteiger charge is -2.34. The van der Waals surface area contributed by atoms with Crippen LogP contribution in [0.3, 0.4) is 0 Å². The predicted octanol–water partition coefficient (Wildman–Crippen LogP) is -0.0424. The van der Waals surface area contributed by atoms with Gasteiger partial charge in [0, 0.05) is 12.6 Å². The Balaban J connectivity index is 1.66. The molecule has 1 aromatic rings. The monoisotopic (exact) mass is 385 g/mol. The first-order valence-corrected chi connectivity index (χ1v) is 9.79. The molecule has 1 saturated carbocycles. The van der Waals surface area contributed by atoms with E-state index in [1.54, 1.807) is 0 Å². The van der Waals surface area contributed by atoms with Gasteiger partial charge < -0.3 is 15.4 Å². The number of carbonyl (C=O) groups is 2. The molecule has 1 aliphatic heterocycles. The van der Waals surface area contributed by atoms with Gasteiger partial charge in [-0.15, -0.1) is 0 Å². The number of rotatable bonds is 5. The van der Waals surface area contributed by atoms with E-state index < -0.39 is 33.9 Å². The fourth-order valence-corrected chi connectivity index (χ4v) is 4.15. The van der Waals surface area contributed by atoms with E-state index in [0.29, 0.717) is 13.0 Å². The molecule has 0 aromatic heterocycles. The van der Waals surface area contributed by atoms with Crippen molar-refractivity contribution >= 4 is 21.8 Å². The van der Waals surface area contributed by atoms with Crippen LogP contribution in [0.2, 0.25) is 0 Å². The Morgan fingerprint density at radius 3 is 2.54 bits per heavy atom. The highest BCUT2D eigenvalue weighted by Crippen LogP contribution is 2.22. The molecule has 0 radical (unpaired) electrons. The second-order valence-electron chi connectivity index (χ2n) is 6.21. The third-order valence-electron chi connectivity index (χ3n) is 4.13. The number of sulfonamides is 1. The summed E-state index contributed by atoms with van der Waals surface area (Å²) >= 11 is 0. The first-order chi connectivity index (χ1) is 12.4. The summed E-state index contributed by atoms with van der Waals surface area (Å²) in [5.41, 5.74) is 0. The molecule has 0 unspecified atom stereocenters. The maximum absolute atomic E-state index is 13.1. The molecular weight excluding hydrogens is 365 g/mol. The van der Waals surface area contributed by atoms with Crippen molar-refractivity contribution in [1.29, 1.82) is 0 Å². The van der Waals surface area contributed by atoms with Crippen LogP contribution in [0.15, 0.2) is 29.2 Å². The fraction of sp³-hybridized carbons (Fsp3) is 0.500. The first-order valence-electron chi connectivity index (χ1n) is 8.35. The van der Waals surface area contributed by atoms with Crippen LogP contribution >= 0.6 is 0 Å². The maximum Gasteiger partial charge on any atom is 0.309 e. The molecule has 8 nitrogen and oxygen atoms in total. The summed E-state index contributed by atoms with van der Waals surface area (Å²) in [6, 6.07) is 4.54. The van der Waals surface area contributed by atoms with Crippen LogP contribution < -0.4 is 10.6 Å². The Morgan fingerprint density at radius 2 is 1.88 bits per heavy atom. The summed E-state index contributed by atoms with van der Waals surface area (Å²) in [5.74, 6) is -2.11. The second-order valence-corrected chi connectivity index (χ2v) is 8.10. The highest BCUT2D eigenvalue weighted by Gasteiger charge is 2.35. The number of hydrogen-bond acceptors (Lipinski definition) is 5. The van der Waals surface area contributed by atoms with Gasteiger partial charge in [0.05, 0.1) is 18.0 Å². The minimum Gasteiger partial charge on any atom is -0.360 e. The lowest BCUT2D eigenvalue weighted by Crippen LogP contribution is -2.53. The topological polar surface area (TPSA) is 105 Å². The summed E-state index contributed by atoms with van der Waals surface area (Å²) in [5, 5.41) is 4.96. The van der Waals surface area contributed by atoms with Gasteiger partial charge in [0.1, 0.15) is 12.0 Å². The molecule has 0 spiro atoms. The number of benzene rings is 1. The molecule has 1 aromatic carbocycles. The minimum atomic E-state index is -3.92. The molecule has 2 fully saturated rings. The van der Waals surface area contributed by atoms with Crippen molar-refractivity contribution in [2.45, 2.75) is 36.4 Å². The van der Waals surface area contributed by atoms with Crippen molar-refractivity contribution in [1.82, 2.24) is 14.9 Å². The van der Waals surface area contributed by atoms with Gasteiger partial charge in [-0.2, -0.15) is 4.31 Å². The molecule has 2 amide bonds. The van der Waals surface area contributed by atoms with E-state index >= 15 is 0 Å². The van der Waals surface area contributed by atoms with E-state index in [2.05, 4.69) is 10.6 Å². The maximum atomic E-state index is 13.1. The molecule has 0 bridgehead atoms. The van der Waals surface area contributed by atoms with Gasteiger partial charge in [-0.1, -0.05) is 0 Å². The van der Waals surface area contributed by atoms with Crippen molar-refractivity contribution in [2.24, 2.45) is 0 Å². The lowest BCUT2D eigenvalue weighted by molar-refractivity contribution is -0.140. The molecule has 1 atom stereocenters. The predicted molar refractivity (Wildman–Crippen MR) is 88.8 cm³/mol. The highest BCUT2D eigenvalue weighted by molar-refractivity contribution is 7.89. The number of carbonyl (C=O) groups excluding carboxylic acids is 2. The highest BCUT2D eigenvalue weighted by atomic mass is 32.2. The molecule has 2 N–H and O–H groups in total. The summed E-state index contributed by atoms with van der Waals surface area (Å²) in [4.78, 5) is 23.4. The van der Waals surface area contributed by atoms with E-state index in [0.717, 1.165) is 29.3 Å². The number of amides is 2. The number of nitrogens with one attached hydrogen (secondary N) is 2. The van der Waals surface area contributed by atoms with Crippen LogP contribution in [0.1, 0.15) is 19.3 Å². The van der Waals surface area contributed by atoms with Crippen molar-refractivity contribution < 1.29 is 27.1 Å². The van der Waals surface area contributed by atoms with Crippen LogP contribution in [0.5, 0.6) is 0 Å². The van der Waals surface area contributed by atoms with Gasteiger partial charge in [0.15, 0.2) is 0 Å².